The number of rotatable bonds is 6. The Balaban J connectivity index is 1.66. The monoisotopic (exact) mass is 388 g/mol. The van der Waals surface area contributed by atoms with Crippen molar-refractivity contribution in [2.45, 2.75) is 20.4 Å². The lowest BCUT2D eigenvalue weighted by Gasteiger charge is -2.28. The molecule has 1 aliphatic rings. The zero-order chi connectivity index (χ0) is 19.3. The molecule has 27 heavy (non-hydrogen) atoms. The molecule has 8 heteroatoms. The van der Waals surface area contributed by atoms with E-state index >= 15 is 0 Å². The minimum Gasteiger partial charge on any atom is -0.378 e. The van der Waals surface area contributed by atoms with Crippen LogP contribution in [0, 0.1) is 13.8 Å². The molecule has 0 aliphatic carbocycles. The molecule has 0 bridgehead atoms. The van der Waals surface area contributed by atoms with Gasteiger partial charge in [0.2, 0.25) is 10.0 Å². The first-order valence-electron chi connectivity index (χ1n) is 8.83. The smallest absolute Gasteiger partial charge is 0.234 e. The Morgan fingerprint density at radius 3 is 2.56 bits per heavy atom. The van der Waals surface area contributed by atoms with Gasteiger partial charge in [-0.3, -0.25) is 0 Å². The van der Waals surface area contributed by atoms with Crippen molar-refractivity contribution in [2.75, 3.05) is 31.2 Å². The van der Waals surface area contributed by atoms with Crippen LogP contribution in [-0.2, 0) is 21.3 Å². The fourth-order valence-corrected chi connectivity index (χ4v) is 3.47. The quantitative estimate of drug-likeness (QED) is 0.815. The number of nitrogens with one attached hydrogen (secondary N) is 1. The van der Waals surface area contributed by atoms with Crippen molar-refractivity contribution in [1.82, 2.24) is 14.7 Å². The summed E-state index contributed by atoms with van der Waals surface area (Å²) in [7, 11) is -3.58. The molecule has 1 fully saturated rings. The van der Waals surface area contributed by atoms with E-state index in [1.165, 1.54) is 0 Å². The fraction of sp³-hybridized carbons (Fsp3) is 0.368. The number of aromatic nitrogens is 2. The maximum atomic E-state index is 12.2. The Kier molecular flexibility index (Phi) is 6.20. The molecule has 1 aromatic heterocycles. The molecule has 1 aromatic carbocycles. The Labute approximate surface area is 160 Å². The lowest BCUT2D eigenvalue weighted by atomic mass is 10.2. The number of hydrogen-bond donors (Lipinski definition) is 1. The summed E-state index contributed by atoms with van der Waals surface area (Å²) in [5, 5.41) is 1.16. The van der Waals surface area contributed by atoms with E-state index in [9.17, 15) is 8.42 Å². The first-order valence-corrected chi connectivity index (χ1v) is 10.4. The summed E-state index contributed by atoms with van der Waals surface area (Å²) >= 11 is 0. The molecular weight excluding hydrogens is 364 g/mol. The summed E-state index contributed by atoms with van der Waals surface area (Å²) in [6.45, 7) is 6.75. The number of sulfonamides is 1. The van der Waals surface area contributed by atoms with E-state index in [4.69, 9.17) is 4.74 Å². The molecule has 0 atom stereocenters. The number of aryl methyl sites for hydroxylation is 2. The lowest BCUT2D eigenvalue weighted by Crippen LogP contribution is -2.37. The summed E-state index contributed by atoms with van der Waals surface area (Å²) in [6, 6.07) is 9.53. The van der Waals surface area contributed by atoms with E-state index in [1.54, 1.807) is 6.08 Å². The number of morpholine rings is 1. The molecule has 0 saturated carbocycles. The van der Waals surface area contributed by atoms with Crippen LogP contribution in [0.15, 0.2) is 35.7 Å². The fourth-order valence-electron chi connectivity index (χ4n) is 2.70. The highest BCUT2D eigenvalue weighted by Crippen LogP contribution is 2.14. The molecule has 2 heterocycles. The topological polar surface area (TPSA) is 84.4 Å². The minimum absolute atomic E-state index is 0.0413. The molecule has 2 aromatic rings. The van der Waals surface area contributed by atoms with Crippen molar-refractivity contribution in [3.05, 3.63) is 58.4 Å². The van der Waals surface area contributed by atoms with Crippen LogP contribution in [0.3, 0.4) is 0 Å². The Morgan fingerprint density at radius 1 is 1.15 bits per heavy atom. The van der Waals surface area contributed by atoms with Crippen molar-refractivity contribution in [3.8, 4) is 0 Å². The normalized spacial score (nSPS) is 15.4. The SMILES string of the molecule is Cc1ccc(/C=C/S(=O)(=O)NCc2nc(C)cc(N3CCOCC3)n2)cc1. The van der Waals surface area contributed by atoms with Gasteiger partial charge in [0.05, 0.1) is 19.8 Å². The zero-order valence-corrected chi connectivity index (χ0v) is 16.4. The van der Waals surface area contributed by atoms with Crippen molar-refractivity contribution < 1.29 is 13.2 Å². The predicted molar refractivity (Wildman–Crippen MR) is 106 cm³/mol. The second-order valence-corrected chi connectivity index (χ2v) is 8.11. The van der Waals surface area contributed by atoms with Gasteiger partial charge in [-0.15, -0.1) is 0 Å². The first-order chi connectivity index (χ1) is 12.9. The number of hydrogen-bond acceptors (Lipinski definition) is 6. The van der Waals surface area contributed by atoms with Gasteiger partial charge in [0, 0.05) is 30.3 Å². The van der Waals surface area contributed by atoms with E-state index in [2.05, 4.69) is 19.6 Å². The standard InChI is InChI=1S/C19H24N4O3S/c1-15-3-5-17(6-4-15)7-12-27(24,25)20-14-18-21-16(2)13-19(22-18)23-8-10-26-11-9-23/h3-7,12-13,20H,8-11,14H2,1-2H3/b12-7+. The summed E-state index contributed by atoms with van der Waals surface area (Å²) in [5.74, 6) is 1.25. The highest BCUT2D eigenvalue weighted by Gasteiger charge is 2.15. The molecule has 0 spiro atoms. The number of ether oxygens (including phenoxy) is 1. The minimum atomic E-state index is -3.58. The third kappa shape index (κ3) is 5.85. The van der Waals surface area contributed by atoms with Gasteiger partial charge in [0.25, 0.3) is 0 Å². The van der Waals surface area contributed by atoms with Crippen LogP contribution in [0.2, 0.25) is 0 Å². The number of nitrogens with zero attached hydrogens (tertiary/aromatic N) is 3. The van der Waals surface area contributed by atoms with Crippen LogP contribution in [-0.4, -0.2) is 44.7 Å². The third-order valence-electron chi connectivity index (χ3n) is 4.17. The van der Waals surface area contributed by atoms with Crippen LogP contribution in [0.1, 0.15) is 22.6 Å². The molecule has 7 nitrogen and oxygen atoms in total. The summed E-state index contributed by atoms with van der Waals surface area (Å²) in [5.41, 5.74) is 2.75. The van der Waals surface area contributed by atoms with Gasteiger partial charge < -0.3 is 9.64 Å². The van der Waals surface area contributed by atoms with Crippen molar-refractivity contribution >= 4 is 21.9 Å². The molecular formula is C19H24N4O3S. The van der Waals surface area contributed by atoms with Gasteiger partial charge in [0.15, 0.2) is 0 Å². The average molecular weight is 388 g/mol. The van der Waals surface area contributed by atoms with Crippen molar-refractivity contribution in [2.24, 2.45) is 0 Å². The largest absolute Gasteiger partial charge is 0.378 e. The molecule has 1 N–H and O–H groups in total. The molecule has 1 aliphatic heterocycles. The van der Waals surface area contributed by atoms with Crippen LogP contribution in [0.5, 0.6) is 0 Å². The number of benzene rings is 1. The summed E-state index contributed by atoms with van der Waals surface area (Å²) in [4.78, 5) is 11.0. The van der Waals surface area contributed by atoms with Crippen molar-refractivity contribution in [3.63, 3.8) is 0 Å². The third-order valence-corrected chi connectivity index (χ3v) is 5.21. The van der Waals surface area contributed by atoms with Gasteiger partial charge in [-0.05, 0) is 25.5 Å². The molecule has 0 unspecified atom stereocenters. The van der Waals surface area contributed by atoms with Crippen LogP contribution >= 0.6 is 0 Å². The van der Waals surface area contributed by atoms with Gasteiger partial charge in [0.1, 0.15) is 11.6 Å². The summed E-state index contributed by atoms with van der Waals surface area (Å²) < 4.78 is 32.4. The van der Waals surface area contributed by atoms with Crippen molar-refractivity contribution in [1.29, 1.82) is 0 Å². The zero-order valence-electron chi connectivity index (χ0n) is 15.6. The Hall–Kier alpha value is -2.29. The van der Waals surface area contributed by atoms with E-state index in [-0.39, 0.29) is 6.54 Å². The van der Waals surface area contributed by atoms with Crippen LogP contribution in [0.4, 0.5) is 5.82 Å². The second-order valence-electron chi connectivity index (χ2n) is 6.46. The van der Waals surface area contributed by atoms with E-state index in [0.29, 0.717) is 19.0 Å². The predicted octanol–water partition coefficient (Wildman–Crippen LogP) is 2.02. The van der Waals surface area contributed by atoms with Gasteiger partial charge in [-0.2, -0.15) is 0 Å². The Bertz CT molecular complexity index is 905. The molecule has 144 valence electrons. The highest BCUT2D eigenvalue weighted by atomic mass is 32.2. The summed E-state index contributed by atoms with van der Waals surface area (Å²) in [6.07, 6.45) is 1.57. The Morgan fingerprint density at radius 2 is 1.85 bits per heavy atom. The van der Waals surface area contributed by atoms with E-state index in [0.717, 1.165) is 41.1 Å². The van der Waals surface area contributed by atoms with Gasteiger partial charge >= 0.3 is 0 Å². The van der Waals surface area contributed by atoms with E-state index in [1.807, 2.05) is 44.2 Å². The van der Waals surface area contributed by atoms with Gasteiger partial charge in [-0.25, -0.2) is 23.1 Å². The second kappa shape index (κ2) is 8.60. The molecule has 0 radical (unpaired) electrons. The highest BCUT2D eigenvalue weighted by molar-refractivity contribution is 7.92. The average Bonchev–Trinajstić information content (AvgIpc) is 2.66. The lowest BCUT2D eigenvalue weighted by molar-refractivity contribution is 0.122. The van der Waals surface area contributed by atoms with Gasteiger partial charge in [-0.1, -0.05) is 29.8 Å². The maximum absolute atomic E-state index is 12.2. The van der Waals surface area contributed by atoms with Crippen LogP contribution in [0.25, 0.3) is 6.08 Å². The number of anilines is 1. The molecule has 3 rings (SSSR count). The maximum Gasteiger partial charge on any atom is 0.234 e. The van der Waals surface area contributed by atoms with E-state index < -0.39 is 10.0 Å². The molecule has 1 saturated heterocycles. The first kappa shape index (κ1) is 19.5. The van der Waals surface area contributed by atoms with Crippen LogP contribution < -0.4 is 9.62 Å². The molecule has 0 amide bonds.